The van der Waals surface area contributed by atoms with Crippen LogP contribution in [0.2, 0.25) is 0 Å². The molecule has 0 spiro atoms. The minimum atomic E-state index is -0.927. The van der Waals surface area contributed by atoms with Gasteiger partial charge in [-0.05, 0) is 47.5 Å². The molecule has 0 saturated heterocycles. The zero-order valence-electron chi connectivity index (χ0n) is 10.2. The summed E-state index contributed by atoms with van der Waals surface area (Å²) in [6.45, 7) is 4.83. The lowest BCUT2D eigenvalue weighted by Gasteiger charge is -2.20. The minimum absolute atomic E-state index is 0.0870. The number of thiophene rings is 1. The van der Waals surface area contributed by atoms with E-state index in [1.54, 1.807) is 11.3 Å². The summed E-state index contributed by atoms with van der Waals surface area (Å²) in [6.07, 6.45) is -0.124. The molecule has 2 rings (SSSR count). The van der Waals surface area contributed by atoms with Gasteiger partial charge in [0.1, 0.15) is 6.17 Å². The Kier molecular flexibility index (Phi) is 4.13. The number of likely N-dealkylation sites (N-methyl/N-ethyl adjacent to an activating group) is 1. The Bertz CT molecular complexity index is 480. The standard InChI is InChI=1S/C14H18FNS/c1-3-12(16-4-2)14(15)11-5-6-13-10(9-11)7-8-17-13/h5-9,12,14,16H,3-4H2,1-2H3. The molecular weight excluding hydrogens is 233 g/mol. The Hall–Kier alpha value is -0.930. The van der Waals surface area contributed by atoms with Gasteiger partial charge in [-0.3, -0.25) is 0 Å². The van der Waals surface area contributed by atoms with Crippen LogP contribution in [0.4, 0.5) is 4.39 Å². The van der Waals surface area contributed by atoms with Crippen LogP contribution in [0.25, 0.3) is 10.1 Å². The predicted molar refractivity (Wildman–Crippen MR) is 73.4 cm³/mol. The van der Waals surface area contributed by atoms with E-state index in [2.05, 4.69) is 5.32 Å². The van der Waals surface area contributed by atoms with Crippen molar-refractivity contribution in [2.45, 2.75) is 32.5 Å². The fourth-order valence-corrected chi connectivity index (χ4v) is 2.88. The van der Waals surface area contributed by atoms with Crippen molar-refractivity contribution >= 4 is 21.4 Å². The van der Waals surface area contributed by atoms with E-state index < -0.39 is 6.17 Å². The first-order valence-corrected chi connectivity index (χ1v) is 6.98. The molecule has 0 radical (unpaired) electrons. The van der Waals surface area contributed by atoms with Crippen molar-refractivity contribution in [2.75, 3.05) is 6.54 Å². The molecule has 3 heteroatoms. The molecule has 0 aliphatic heterocycles. The SMILES string of the molecule is CCNC(CC)C(F)c1ccc2sccc2c1. The summed E-state index contributed by atoms with van der Waals surface area (Å²) in [4.78, 5) is 0. The second-order valence-electron chi connectivity index (χ2n) is 4.19. The Morgan fingerprint density at radius 3 is 2.82 bits per heavy atom. The lowest BCUT2D eigenvalue weighted by molar-refractivity contribution is 0.250. The van der Waals surface area contributed by atoms with Crippen molar-refractivity contribution in [1.82, 2.24) is 5.32 Å². The topological polar surface area (TPSA) is 12.0 Å². The number of hydrogen-bond acceptors (Lipinski definition) is 2. The van der Waals surface area contributed by atoms with E-state index in [9.17, 15) is 4.39 Å². The fourth-order valence-electron chi connectivity index (χ4n) is 2.11. The molecule has 0 aliphatic carbocycles. The van der Waals surface area contributed by atoms with Crippen molar-refractivity contribution in [2.24, 2.45) is 0 Å². The number of alkyl halides is 1. The van der Waals surface area contributed by atoms with E-state index in [0.29, 0.717) is 0 Å². The Morgan fingerprint density at radius 1 is 1.29 bits per heavy atom. The smallest absolute Gasteiger partial charge is 0.140 e. The zero-order valence-corrected chi connectivity index (χ0v) is 11.1. The van der Waals surface area contributed by atoms with Gasteiger partial charge in [0.2, 0.25) is 0 Å². The molecule has 0 bridgehead atoms. The number of halogens is 1. The van der Waals surface area contributed by atoms with Gasteiger partial charge >= 0.3 is 0 Å². The van der Waals surface area contributed by atoms with Crippen molar-refractivity contribution < 1.29 is 4.39 Å². The van der Waals surface area contributed by atoms with Crippen molar-refractivity contribution in [3.63, 3.8) is 0 Å². The van der Waals surface area contributed by atoms with Crippen LogP contribution in [-0.4, -0.2) is 12.6 Å². The van der Waals surface area contributed by atoms with Gasteiger partial charge in [-0.2, -0.15) is 0 Å². The van der Waals surface area contributed by atoms with Crippen LogP contribution >= 0.6 is 11.3 Å². The summed E-state index contributed by atoms with van der Waals surface area (Å²) in [7, 11) is 0. The van der Waals surface area contributed by atoms with E-state index in [1.165, 1.54) is 4.70 Å². The fraction of sp³-hybridized carbons (Fsp3) is 0.429. The molecule has 0 aliphatic rings. The molecule has 1 aromatic heterocycles. The molecule has 1 N–H and O–H groups in total. The molecule has 17 heavy (non-hydrogen) atoms. The predicted octanol–water partition coefficient (Wildman–Crippen LogP) is 4.30. The van der Waals surface area contributed by atoms with Gasteiger partial charge in [-0.1, -0.05) is 19.9 Å². The highest BCUT2D eigenvalue weighted by Gasteiger charge is 2.20. The molecule has 2 unspecified atom stereocenters. The first kappa shape index (κ1) is 12.5. The number of hydrogen-bond donors (Lipinski definition) is 1. The van der Waals surface area contributed by atoms with Gasteiger partial charge in [0.15, 0.2) is 0 Å². The maximum atomic E-state index is 14.4. The van der Waals surface area contributed by atoms with Crippen molar-refractivity contribution in [1.29, 1.82) is 0 Å². The molecule has 1 heterocycles. The average Bonchev–Trinajstić information content (AvgIpc) is 2.82. The number of benzene rings is 1. The van der Waals surface area contributed by atoms with E-state index in [0.717, 1.165) is 23.9 Å². The van der Waals surface area contributed by atoms with Crippen LogP contribution in [0, 0.1) is 0 Å². The Morgan fingerprint density at radius 2 is 2.12 bits per heavy atom. The van der Waals surface area contributed by atoms with E-state index in [1.807, 2.05) is 43.5 Å². The highest BCUT2D eigenvalue weighted by Crippen LogP contribution is 2.28. The third-order valence-electron chi connectivity index (χ3n) is 3.05. The summed E-state index contributed by atoms with van der Waals surface area (Å²) in [5.41, 5.74) is 0.781. The third kappa shape index (κ3) is 2.67. The first-order chi connectivity index (χ1) is 8.26. The summed E-state index contributed by atoms with van der Waals surface area (Å²) in [5.74, 6) is 0. The summed E-state index contributed by atoms with van der Waals surface area (Å²) in [5, 5.41) is 6.39. The highest BCUT2D eigenvalue weighted by atomic mass is 32.1. The van der Waals surface area contributed by atoms with Gasteiger partial charge in [0.05, 0.1) is 0 Å². The second-order valence-corrected chi connectivity index (χ2v) is 5.14. The molecule has 1 aromatic carbocycles. The third-order valence-corrected chi connectivity index (χ3v) is 3.95. The monoisotopic (exact) mass is 251 g/mol. The number of rotatable bonds is 5. The van der Waals surface area contributed by atoms with E-state index >= 15 is 0 Å². The maximum absolute atomic E-state index is 14.4. The highest BCUT2D eigenvalue weighted by molar-refractivity contribution is 7.17. The molecule has 0 amide bonds. The van der Waals surface area contributed by atoms with Crippen LogP contribution in [0.1, 0.15) is 32.0 Å². The van der Waals surface area contributed by atoms with E-state index in [-0.39, 0.29) is 6.04 Å². The average molecular weight is 251 g/mol. The molecule has 2 aromatic rings. The number of nitrogens with one attached hydrogen (secondary N) is 1. The van der Waals surface area contributed by atoms with Gasteiger partial charge < -0.3 is 5.32 Å². The lowest BCUT2D eigenvalue weighted by atomic mass is 10.0. The van der Waals surface area contributed by atoms with Crippen LogP contribution < -0.4 is 5.32 Å². The molecule has 1 nitrogen and oxygen atoms in total. The number of fused-ring (bicyclic) bond motifs is 1. The van der Waals surface area contributed by atoms with E-state index in [4.69, 9.17) is 0 Å². The molecular formula is C14H18FNS. The second kappa shape index (κ2) is 5.61. The normalized spacial score (nSPS) is 15.0. The van der Waals surface area contributed by atoms with Gasteiger partial charge in [0.25, 0.3) is 0 Å². The lowest BCUT2D eigenvalue weighted by Crippen LogP contribution is -2.32. The largest absolute Gasteiger partial charge is 0.311 e. The van der Waals surface area contributed by atoms with Crippen LogP contribution in [0.3, 0.4) is 0 Å². The van der Waals surface area contributed by atoms with Crippen LogP contribution in [0.5, 0.6) is 0 Å². The summed E-state index contributed by atoms with van der Waals surface area (Å²) >= 11 is 1.69. The molecule has 2 atom stereocenters. The molecule has 92 valence electrons. The van der Waals surface area contributed by atoms with Crippen LogP contribution in [0.15, 0.2) is 29.6 Å². The van der Waals surface area contributed by atoms with Gasteiger partial charge in [-0.25, -0.2) is 4.39 Å². The first-order valence-electron chi connectivity index (χ1n) is 6.10. The maximum Gasteiger partial charge on any atom is 0.140 e. The molecule has 0 fully saturated rings. The minimum Gasteiger partial charge on any atom is -0.311 e. The van der Waals surface area contributed by atoms with Crippen molar-refractivity contribution in [3.8, 4) is 0 Å². The zero-order chi connectivity index (χ0) is 12.3. The Balaban J connectivity index is 2.24. The Labute approximate surface area is 106 Å². The summed E-state index contributed by atoms with van der Waals surface area (Å²) < 4.78 is 15.6. The van der Waals surface area contributed by atoms with Crippen LogP contribution in [-0.2, 0) is 0 Å². The molecule has 0 saturated carbocycles. The van der Waals surface area contributed by atoms with Gasteiger partial charge in [-0.15, -0.1) is 11.3 Å². The van der Waals surface area contributed by atoms with Gasteiger partial charge in [0, 0.05) is 10.7 Å². The summed E-state index contributed by atoms with van der Waals surface area (Å²) in [6, 6.07) is 7.85. The van der Waals surface area contributed by atoms with Crippen molar-refractivity contribution in [3.05, 3.63) is 35.2 Å². The quantitative estimate of drug-likeness (QED) is 0.835.